The highest BCUT2D eigenvalue weighted by atomic mass is 35.5. The molecule has 0 fully saturated rings. The molecule has 0 aliphatic heterocycles. The van der Waals surface area contributed by atoms with Crippen molar-refractivity contribution in [2.24, 2.45) is 0 Å². The summed E-state index contributed by atoms with van der Waals surface area (Å²) in [5, 5.41) is 4.55. The number of benzene rings is 1. The van der Waals surface area contributed by atoms with Crippen LogP contribution in [-0.4, -0.2) is 9.78 Å². The van der Waals surface area contributed by atoms with Gasteiger partial charge in [0, 0.05) is 0 Å². The molecule has 2 N–H and O–H groups in total. The van der Waals surface area contributed by atoms with Crippen LogP contribution >= 0.6 is 11.6 Å². The van der Waals surface area contributed by atoms with E-state index in [4.69, 9.17) is 17.3 Å². The summed E-state index contributed by atoms with van der Waals surface area (Å²) in [4.78, 5) is 0. The first kappa shape index (κ1) is 11.9. The van der Waals surface area contributed by atoms with Crippen molar-refractivity contribution in [2.45, 2.75) is 19.4 Å². The Labute approximate surface area is 104 Å². The third-order valence-electron chi connectivity index (χ3n) is 2.70. The van der Waals surface area contributed by atoms with E-state index in [1.165, 1.54) is 18.3 Å². The predicted octanol–water partition coefficient (Wildman–Crippen LogP) is 3.26. The minimum atomic E-state index is -0.266. The molecular weight excluding hydrogens is 241 g/mol. The second-order valence-corrected chi connectivity index (χ2v) is 4.21. The van der Waals surface area contributed by atoms with Gasteiger partial charge in [0.1, 0.15) is 16.7 Å². The van der Waals surface area contributed by atoms with Crippen molar-refractivity contribution in [3.05, 3.63) is 46.9 Å². The molecule has 0 spiro atoms. The molecule has 0 aliphatic carbocycles. The van der Waals surface area contributed by atoms with Gasteiger partial charge in [0.15, 0.2) is 0 Å². The molecule has 90 valence electrons. The molecule has 2 rings (SSSR count). The number of hydrogen-bond acceptors (Lipinski definition) is 2. The van der Waals surface area contributed by atoms with Gasteiger partial charge >= 0.3 is 0 Å². The van der Waals surface area contributed by atoms with Crippen LogP contribution in [0.3, 0.4) is 0 Å². The van der Waals surface area contributed by atoms with E-state index in [-0.39, 0.29) is 11.9 Å². The number of nitrogen functional groups attached to an aromatic ring is 1. The molecule has 5 heteroatoms. The monoisotopic (exact) mass is 253 g/mol. The highest BCUT2D eigenvalue weighted by Gasteiger charge is 2.16. The van der Waals surface area contributed by atoms with Crippen LogP contribution in [0.15, 0.2) is 30.5 Å². The van der Waals surface area contributed by atoms with Crippen LogP contribution in [0.1, 0.15) is 24.9 Å². The van der Waals surface area contributed by atoms with Gasteiger partial charge in [-0.2, -0.15) is 5.10 Å². The summed E-state index contributed by atoms with van der Waals surface area (Å²) in [5.41, 5.74) is 6.66. The number of halogens is 2. The molecule has 0 bridgehead atoms. The van der Waals surface area contributed by atoms with Crippen LogP contribution in [0, 0.1) is 5.82 Å². The minimum Gasteiger partial charge on any atom is -0.383 e. The Kier molecular flexibility index (Phi) is 3.33. The summed E-state index contributed by atoms with van der Waals surface area (Å²) in [5.74, 6) is 0.139. The summed E-state index contributed by atoms with van der Waals surface area (Å²) in [6, 6.07) is 6.33. The van der Waals surface area contributed by atoms with E-state index >= 15 is 0 Å². The van der Waals surface area contributed by atoms with Gasteiger partial charge in [0.25, 0.3) is 0 Å². The molecular formula is C12H13ClFN3. The van der Waals surface area contributed by atoms with Crippen LogP contribution in [0.5, 0.6) is 0 Å². The Balaban J connectivity index is 2.44. The van der Waals surface area contributed by atoms with Gasteiger partial charge in [-0.3, -0.25) is 0 Å². The third-order valence-corrected chi connectivity index (χ3v) is 2.99. The summed E-state index contributed by atoms with van der Waals surface area (Å²) in [6.07, 6.45) is 2.25. The van der Waals surface area contributed by atoms with Crippen molar-refractivity contribution in [1.82, 2.24) is 9.78 Å². The van der Waals surface area contributed by atoms with Crippen molar-refractivity contribution < 1.29 is 4.39 Å². The zero-order valence-corrected chi connectivity index (χ0v) is 10.2. The lowest BCUT2D eigenvalue weighted by Crippen LogP contribution is -2.14. The molecule has 1 aromatic carbocycles. The third kappa shape index (κ3) is 2.26. The fourth-order valence-corrected chi connectivity index (χ4v) is 1.99. The lowest BCUT2D eigenvalue weighted by atomic mass is 10.0. The van der Waals surface area contributed by atoms with E-state index in [2.05, 4.69) is 5.10 Å². The van der Waals surface area contributed by atoms with E-state index < -0.39 is 0 Å². The quantitative estimate of drug-likeness (QED) is 0.913. The van der Waals surface area contributed by atoms with Crippen molar-refractivity contribution in [3.63, 3.8) is 0 Å². The Hall–Kier alpha value is -1.55. The molecule has 2 aromatic rings. The fraction of sp³-hybridized carbons (Fsp3) is 0.250. The van der Waals surface area contributed by atoms with Crippen molar-refractivity contribution in [1.29, 1.82) is 0 Å². The molecule has 3 nitrogen and oxygen atoms in total. The van der Waals surface area contributed by atoms with Crippen LogP contribution in [-0.2, 0) is 0 Å². The highest BCUT2D eigenvalue weighted by Crippen LogP contribution is 2.28. The maximum atomic E-state index is 13.2. The normalized spacial score (nSPS) is 12.6. The van der Waals surface area contributed by atoms with E-state index in [0.717, 1.165) is 12.0 Å². The van der Waals surface area contributed by atoms with Gasteiger partial charge in [0.05, 0.1) is 12.2 Å². The molecule has 1 atom stereocenters. The van der Waals surface area contributed by atoms with Crippen LogP contribution in [0.4, 0.5) is 10.2 Å². The topological polar surface area (TPSA) is 43.8 Å². The average Bonchev–Trinajstić information content (AvgIpc) is 2.63. The van der Waals surface area contributed by atoms with Crippen LogP contribution in [0.2, 0.25) is 5.02 Å². The van der Waals surface area contributed by atoms with E-state index in [1.807, 2.05) is 13.0 Å². The molecule has 0 aliphatic rings. The first-order chi connectivity index (χ1) is 8.13. The molecule has 0 radical (unpaired) electrons. The Morgan fingerprint density at radius 1 is 1.53 bits per heavy atom. The summed E-state index contributed by atoms with van der Waals surface area (Å²) in [7, 11) is 0. The molecule has 1 unspecified atom stereocenters. The van der Waals surface area contributed by atoms with Crippen molar-refractivity contribution >= 4 is 17.4 Å². The van der Waals surface area contributed by atoms with Gasteiger partial charge in [0.2, 0.25) is 0 Å². The van der Waals surface area contributed by atoms with Gasteiger partial charge in [-0.15, -0.1) is 0 Å². The number of anilines is 1. The van der Waals surface area contributed by atoms with E-state index in [0.29, 0.717) is 10.8 Å². The molecule has 1 heterocycles. The van der Waals surface area contributed by atoms with Gasteiger partial charge in [-0.1, -0.05) is 30.7 Å². The van der Waals surface area contributed by atoms with Crippen molar-refractivity contribution in [2.75, 3.05) is 5.73 Å². The van der Waals surface area contributed by atoms with Crippen LogP contribution < -0.4 is 5.73 Å². The second kappa shape index (κ2) is 4.75. The van der Waals surface area contributed by atoms with Gasteiger partial charge < -0.3 is 5.73 Å². The Morgan fingerprint density at radius 3 is 2.82 bits per heavy atom. The van der Waals surface area contributed by atoms with E-state index in [1.54, 1.807) is 10.7 Å². The smallest absolute Gasteiger partial charge is 0.141 e. The van der Waals surface area contributed by atoms with E-state index in [9.17, 15) is 4.39 Å². The molecule has 1 aromatic heterocycles. The fourth-order valence-electron chi connectivity index (χ4n) is 1.86. The first-order valence-corrected chi connectivity index (χ1v) is 5.75. The second-order valence-electron chi connectivity index (χ2n) is 3.80. The molecule has 0 saturated carbocycles. The SMILES string of the molecule is CCC(c1cccc(F)c1)n1ncc(Cl)c1N. The number of nitrogens with two attached hydrogens (primary N) is 1. The highest BCUT2D eigenvalue weighted by molar-refractivity contribution is 6.32. The molecule has 0 amide bonds. The summed E-state index contributed by atoms with van der Waals surface area (Å²) in [6.45, 7) is 1.99. The predicted molar refractivity (Wildman–Crippen MR) is 66.5 cm³/mol. The zero-order chi connectivity index (χ0) is 12.4. The standard InChI is InChI=1S/C12H13ClFN3/c1-2-11(8-4-3-5-9(14)6-8)17-12(15)10(13)7-16-17/h3-7,11H,2,15H2,1H3. The molecule has 17 heavy (non-hydrogen) atoms. The van der Waals surface area contributed by atoms with Crippen molar-refractivity contribution in [3.8, 4) is 0 Å². The average molecular weight is 254 g/mol. The zero-order valence-electron chi connectivity index (χ0n) is 9.40. The maximum absolute atomic E-state index is 13.2. The molecule has 0 saturated heterocycles. The van der Waals surface area contributed by atoms with Gasteiger partial charge in [-0.25, -0.2) is 9.07 Å². The number of aromatic nitrogens is 2. The number of hydrogen-bond donors (Lipinski definition) is 1. The summed E-state index contributed by atoms with van der Waals surface area (Å²) >= 11 is 5.87. The number of nitrogens with zero attached hydrogens (tertiary/aromatic N) is 2. The first-order valence-electron chi connectivity index (χ1n) is 5.37. The summed E-state index contributed by atoms with van der Waals surface area (Å²) < 4.78 is 14.8. The lowest BCUT2D eigenvalue weighted by molar-refractivity contribution is 0.512. The van der Waals surface area contributed by atoms with Crippen LogP contribution in [0.25, 0.3) is 0 Å². The maximum Gasteiger partial charge on any atom is 0.141 e. The minimum absolute atomic E-state index is 0.0989. The lowest BCUT2D eigenvalue weighted by Gasteiger charge is -2.17. The largest absolute Gasteiger partial charge is 0.383 e. The Bertz CT molecular complexity index is 524. The Morgan fingerprint density at radius 2 is 2.29 bits per heavy atom. The number of rotatable bonds is 3. The van der Waals surface area contributed by atoms with Gasteiger partial charge in [-0.05, 0) is 24.1 Å².